The Morgan fingerprint density at radius 2 is 1.42 bits per heavy atom. The third kappa shape index (κ3) is 3.09. The van der Waals surface area contributed by atoms with Gasteiger partial charge in [-0.3, -0.25) is 0 Å². The molecule has 1 atom stereocenters. The van der Waals surface area contributed by atoms with Crippen molar-refractivity contribution in [2.75, 3.05) is 0 Å². The van der Waals surface area contributed by atoms with E-state index in [9.17, 15) is 18.3 Å². The fourth-order valence-corrected chi connectivity index (χ4v) is 2.54. The van der Waals surface area contributed by atoms with Crippen LogP contribution in [0.2, 0.25) is 0 Å². The summed E-state index contributed by atoms with van der Waals surface area (Å²) in [5.74, 6) is 0. The second-order valence-electron chi connectivity index (χ2n) is 4.01. The lowest BCUT2D eigenvalue weighted by molar-refractivity contribution is -0.139. The maximum absolute atomic E-state index is 12.9. The van der Waals surface area contributed by atoms with E-state index in [1.807, 2.05) is 22.6 Å². The Morgan fingerprint density at radius 3 is 2.00 bits per heavy atom. The molecule has 0 saturated heterocycles. The van der Waals surface area contributed by atoms with E-state index in [4.69, 9.17) is 0 Å². The van der Waals surface area contributed by atoms with Gasteiger partial charge in [0.1, 0.15) is 6.10 Å². The van der Waals surface area contributed by atoms with Gasteiger partial charge in [0, 0.05) is 3.57 Å². The average Bonchev–Trinajstić information content (AvgIpc) is 2.37. The summed E-state index contributed by atoms with van der Waals surface area (Å²) in [5, 5.41) is 10.2. The van der Waals surface area contributed by atoms with Gasteiger partial charge in [-0.1, -0.05) is 36.4 Å². The van der Waals surface area contributed by atoms with Crippen molar-refractivity contribution in [1.29, 1.82) is 0 Å². The van der Waals surface area contributed by atoms with Crippen LogP contribution in [0.3, 0.4) is 0 Å². The largest absolute Gasteiger partial charge is 0.416 e. The summed E-state index contributed by atoms with van der Waals surface area (Å²) in [6.07, 6.45) is -5.76. The summed E-state index contributed by atoms with van der Waals surface area (Å²) in [6.45, 7) is 0. The van der Waals surface area contributed by atoms with Gasteiger partial charge in [0.15, 0.2) is 0 Å². The summed E-state index contributed by atoms with van der Waals surface area (Å²) in [6, 6.07) is 11.9. The molecule has 0 spiro atoms. The molecule has 0 aliphatic rings. The van der Waals surface area contributed by atoms with Crippen molar-refractivity contribution in [2.24, 2.45) is 0 Å². The van der Waals surface area contributed by atoms with E-state index >= 15 is 0 Å². The van der Waals surface area contributed by atoms with Crippen molar-refractivity contribution in [2.45, 2.75) is 12.3 Å². The molecule has 1 unspecified atom stereocenters. The second-order valence-corrected chi connectivity index (χ2v) is 5.17. The molecule has 0 radical (unpaired) electrons. The number of halogens is 4. The third-order valence-corrected chi connectivity index (χ3v) is 3.74. The molecule has 0 fully saturated rings. The first-order valence-electron chi connectivity index (χ1n) is 5.50. The Hall–Kier alpha value is -1.08. The second kappa shape index (κ2) is 5.50. The molecule has 0 bridgehead atoms. The molecule has 2 aromatic carbocycles. The van der Waals surface area contributed by atoms with Crippen molar-refractivity contribution >= 4 is 22.6 Å². The first-order valence-corrected chi connectivity index (χ1v) is 6.57. The van der Waals surface area contributed by atoms with E-state index in [0.717, 1.165) is 9.64 Å². The average molecular weight is 378 g/mol. The number of aliphatic hydroxyl groups is 1. The number of rotatable bonds is 2. The molecular formula is C14H10F3IO. The lowest BCUT2D eigenvalue weighted by atomic mass is 9.96. The van der Waals surface area contributed by atoms with Crippen molar-refractivity contribution in [3.63, 3.8) is 0 Å². The molecule has 0 amide bonds. The molecule has 0 aromatic heterocycles. The molecule has 0 aliphatic carbocycles. The van der Waals surface area contributed by atoms with Crippen LogP contribution in [0.1, 0.15) is 22.8 Å². The van der Waals surface area contributed by atoms with Crippen LogP contribution in [0.15, 0.2) is 48.5 Å². The van der Waals surface area contributed by atoms with Crippen LogP contribution in [-0.4, -0.2) is 5.11 Å². The summed E-state index contributed by atoms with van der Waals surface area (Å²) < 4.78 is 39.5. The Labute approximate surface area is 122 Å². The highest BCUT2D eigenvalue weighted by Crippen LogP contribution is 2.37. The molecule has 0 saturated carbocycles. The minimum absolute atomic E-state index is 0.126. The summed E-state index contributed by atoms with van der Waals surface area (Å²) >= 11 is 1.99. The summed E-state index contributed by atoms with van der Waals surface area (Å²) in [7, 11) is 0. The van der Waals surface area contributed by atoms with Crippen LogP contribution >= 0.6 is 22.6 Å². The van der Waals surface area contributed by atoms with Gasteiger partial charge in [0.25, 0.3) is 0 Å². The Bertz CT molecular complexity index is 581. The quantitative estimate of drug-likeness (QED) is 0.769. The Balaban J connectivity index is 2.51. The van der Waals surface area contributed by atoms with Gasteiger partial charge in [-0.15, -0.1) is 0 Å². The number of benzene rings is 2. The number of aliphatic hydroxyl groups excluding tert-OH is 1. The van der Waals surface area contributed by atoms with Crippen LogP contribution < -0.4 is 0 Å². The van der Waals surface area contributed by atoms with Gasteiger partial charge in [-0.25, -0.2) is 0 Å². The van der Waals surface area contributed by atoms with Crippen molar-refractivity contribution in [3.05, 3.63) is 68.8 Å². The SMILES string of the molecule is OC(c1ccccc1I)c1ccccc1C(F)(F)F. The molecular weight excluding hydrogens is 368 g/mol. The van der Waals surface area contributed by atoms with E-state index in [2.05, 4.69) is 0 Å². The predicted octanol–water partition coefficient (Wildman–Crippen LogP) is 4.39. The molecule has 2 aromatic rings. The molecule has 1 N–H and O–H groups in total. The van der Waals surface area contributed by atoms with Crippen LogP contribution in [0.5, 0.6) is 0 Å². The normalized spacial score (nSPS) is 13.3. The highest BCUT2D eigenvalue weighted by molar-refractivity contribution is 14.1. The maximum atomic E-state index is 12.9. The molecule has 2 rings (SSSR count). The lowest BCUT2D eigenvalue weighted by Gasteiger charge is -2.18. The van der Waals surface area contributed by atoms with E-state index in [1.54, 1.807) is 24.3 Å². The minimum atomic E-state index is -4.47. The van der Waals surface area contributed by atoms with Gasteiger partial charge in [0.2, 0.25) is 0 Å². The van der Waals surface area contributed by atoms with Gasteiger partial charge >= 0.3 is 6.18 Å². The Kier molecular flexibility index (Phi) is 4.15. The zero-order chi connectivity index (χ0) is 14.0. The standard InChI is InChI=1S/C14H10F3IO/c15-14(16,17)11-7-3-1-5-9(11)13(19)10-6-2-4-8-12(10)18/h1-8,13,19H. The molecule has 19 heavy (non-hydrogen) atoms. The van der Waals surface area contributed by atoms with Crippen molar-refractivity contribution in [3.8, 4) is 0 Å². The fraction of sp³-hybridized carbons (Fsp3) is 0.143. The molecule has 0 heterocycles. The maximum Gasteiger partial charge on any atom is 0.416 e. The van der Waals surface area contributed by atoms with Crippen LogP contribution in [-0.2, 0) is 6.18 Å². The van der Waals surface area contributed by atoms with Crippen molar-refractivity contribution < 1.29 is 18.3 Å². The van der Waals surface area contributed by atoms with Crippen LogP contribution in [0, 0.1) is 3.57 Å². The van der Waals surface area contributed by atoms with Gasteiger partial charge in [-0.2, -0.15) is 13.2 Å². The van der Waals surface area contributed by atoms with E-state index in [1.165, 1.54) is 18.2 Å². The van der Waals surface area contributed by atoms with Gasteiger partial charge < -0.3 is 5.11 Å². The molecule has 5 heteroatoms. The van der Waals surface area contributed by atoms with E-state index in [0.29, 0.717) is 5.56 Å². The first-order chi connectivity index (χ1) is 8.91. The number of hydrogen-bond acceptors (Lipinski definition) is 1. The number of alkyl halides is 3. The zero-order valence-electron chi connectivity index (χ0n) is 9.66. The van der Waals surface area contributed by atoms with Gasteiger partial charge in [0.05, 0.1) is 5.56 Å². The monoisotopic (exact) mass is 378 g/mol. The summed E-state index contributed by atoms with van der Waals surface area (Å²) in [4.78, 5) is 0. The molecule has 100 valence electrons. The van der Waals surface area contributed by atoms with E-state index < -0.39 is 17.8 Å². The molecule has 0 aliphatic heterocycles. The van der Waals surface area contributed by atoms with E-state index in [-0.39, 0.29) is 5.56 Å². The van der Waals surface area contributed by atoms with Gasteiger partial charge in [-0.05, 0) is 45.9 Å². The van der Waals surface area contributed by atoms with Crippen LogP contribution in [0.4, 0.5) is 13.2 Å². The predicted molar refractivity (Wildman–Crippen MR) is 74.7 cm³/mol. The Morgan fingerprint density at radius 1 is 0.895 bits per heavy atom. The third-order valence-electron chi connectivity index (χ3n) is 2.76. The zero-order valence-corrected chi connectivity index (χ0v) is 11.8. The fourth-order valence-electron chi connectivity index (χ4n) is 1.86. The first kappa shape index (κ1) is 14.3. The minimum Gasteiger partial charge on any atom is -0.384 e. The number of hydrogen-bond donors (Lipinski definition) is 1. The van der Waals surface area contributed by atoms with Crippen molar-refractivity contribution in [1.82, 2.24) is 0 Å². The van der Waals surface area contributed by atoms with Crippen LogP contribution in [0.25, 0.3) is 0 Å². The lowest BCUT2D eigenvalue weighted by Crippen LogP contribution is -2.13. The smallest absolute Gasteiger partial charge is 0.384 e. The highest BCUT2D eigenvalue weighted by atomic mass is 127. The topological polar surface area (TPSA) is 20.2 Å². The summed E-state index contributed by atoms with van der Waals surface area (Å²) in [5.41, 5.74) is -0.457. The molecule has 1 nitrogen and oxygen atoms in total. The highest BCUT2D eigenvalue weighted by Gasteiger charge is 2.35.